The number of benzene rings is 2. The van der Waals surface area contributed by atoms with E-state index in [1.807, 2.05) is 60.7 Å². The van der Waals surface area contributed by atoms with Crippen molar-refractivity contribution in [3.8, 4) is 0 Å². The molecule has 3 aromatic rings. The van der Waals surface area contributed by atoms with Crippen molar-refractivity contribution in [2.45, 2.75) is 18.1 Å². The summed E-state index contributed by atoms with van der Waals surface area (Å²) in [6.07, 6.45) is 0.366. The predicted octanol–water partition coefficient (Wildman–Crippen LogP) is 3.67. The Morgan fingerprint density at radius 3 is 2.28 bits per heavy atom. The average Bonchev–Trinajstić information content (AvgIpc) is 3.00. The third-order valence-corrected chi connectivity index (χ3v) is 5.72. The lowest BCUT2D eigenvalue weighted by atomic mass is 9.98. The Balaban J connectivity index is 1.82. The quantitative estimate of drug-likeness (QED) is 0.639. The zero-order valence-electron chi connectivity index (χ0n) is 13.5. The molecule has 0 spiro atoms. The van der Waals surface area contributed by atoms with Gasteiger partial charge in [-0.1, -0.05) is 60.7 Å². The van der Waals surface area contributed by atoms with Crippen molar-refractivity contribution >= 4 is 22.1 Å². The second kappa shape index (κ2) is 7.76. The van der Waals surface area contributed by atoms with Crippen LogP contribution >= 0.6 is 12.2 Å². The van der Waals surface area contributed by atoms with E-state index in [1.165, 1.54) is 0 Å². The molecule has 25 heavy (non-hydrogen) atoms. The lowest BCUT2D eigenvalue weighted by Gasteiger charge is -2.16. The summed E-state index contributed by atoms with van der Waals surface area (Å²) in [6, 6.07) is 18.7. The molecular weight excluding hydrogens is 356 g/mol. The van der Waals surface area contributed by atoms with Gasteiger partial charge >= 0.3 is 0 Å². The Bertz CT molecular complexity index is 964. The van der Waals surface area contributed by atoms with Gasteiger partial charge in [0.25, 0.3) is 4.84 Å². The van der Waals surface area contributed by atoms with E-state index in [9.17, 15) is 8.42 Å². The first-order valence-corrected chi connectivity index (χ1v) is 10.1. The molecule has 130 valence electrons. The second-order valence-electron chi connectivity index (χ2n) is 5.86. The van der Waals surface area contributed by atoms with E-state index in [4.69, 9.17) is 16.6 Å². The van der Waals surface area contributed by atoms with Gasteiger partial charge < -0.3 is 4.42 Å². The van der Waals surface area contributed by atoms with Crippen molar-refractivity contribution in [2.75, 3.05) is 5.75 Å². The SMILES string of the molecule is O=S(=O)(Cc1ccccc1)CC(Cc1n[nH]c(=S)o1)c1ccccc1. The van der Waals surface area contributed by atoms with Crippen molar-refractivity contribution < 1.29 is 12.8 Å². The smallest absolute Gasteiger partial charge is 0.284 e. The lowest BCUT2D eigenvalue weighted by Crippen LogP contribution is -2.18. The fraction of sp³-hybridized carbons (Fsp3) is 0.222. The number of rotatable bonds is 7. The highest BCUT2D eigenvalue weighted by Crippen LogP contribution is 2.23. The van der Waals surface area contributed by atoms with Gasteiger partial charge in [-0.15, -0.1) is 5.10 Å². The van der Waals surface area contributed by atoms with Crippen LogP contribution in [0.1, 0.15) is 22.9 Å². The van der Waals surface area contributed by atoms with Crippen LogP contribution in [0.2, 0.25) is 0 Å². The summed E-state index contributed by atoms with van der Waals surface area (Å²) in [6.45, 7) is 0. The maximum atomic E-state index is 12.7. The van der Waals surface area contributed by atoms with Crippen LogP contribution in [0.3, 0.4) is 0 Å². The summed E-state index contributed by atoms with van der Waals surface area (Å²) in [5.41, 5.74) is 1.72. The Labute approximate surface area is 151 Å². The van der Waals surface area contributed by atoms with E-state index in [-0.39, 0.29) is 22.3 Å². The van der Waals surface area contributed by atoms with Crippen LogP contribution in [0.15, 0.2) is 65.1 Å². The van der Waals surface area contributed by atoms with Crippen LogP contribution in [0.25, 0.3) is 0 Å². The molecule has 0 aliphatic carbocycles. The van der Waals surface area contributed by atoms with Crippen LogP contribution < -0.4 is 0 Å². The van der Waals surface area contributed by atoms with E-state index in [0.29, 0.717) is 12.3 Å². The van der Waals surface area contributed by atoms with Gasteiger partial charge in [-0.05, 0) is 23.3 Å². The lowest BCUT2D eigenvalue weighted by molar-refractivity contribution is 0.465. The van der Waals surface area contributed by atoms with Gasteiger partial charge in [0.1, 0.15) is 0 Å². The summed E-state index contributed by atoms with van der Waals surface area (Å²) in [4.78, 5) is 0.189. The zero-order valence-corrected chi connectivity index (χ0v) is 15.1. The van der Waals surface area contributed by atoms with Crippen molar-refractivity contribution in [2.24, 2.45) is 0 Å². The molecule has 3 rings (SSSR count). The number of sulfone groups is 1. The Morgan fingerprint density at radius 2 is 1.68 bits per heavy atom. The number of hydrogen-bond acceptors (Lipinski definition) is 5. The topological polar surface area (TPSA) is 76.0 Å². The molecule has 7 heteroatoms. The minimum absolute atomic E-state index is 0.0149. The largest absolute Gasteiger partial charge is 0.414 e. The number of aromatic nitrogens is 2. The molecule has 1 unspecified atom stereocenters. The van der Waals surface area contributed by atoms with Gasteiger partial charge in [-0.3, -0.25) is 0 Å². The van der Waals surface area contributed by atoms with Gasteiger partial charge in [0.2, 0.25) is 5.89 Å². The molecule has 1 aromatic heterocycles. The minimum Gasteiger partial charge on any atom is -0.414 e. The zero-order chi connectivity index (χ0) is 17.7. The van der Waals surface area contributed by atoms with Gasteiger partial charge in [-0.25, -0.2) is 13.5 Å². The van der Waals surface area contributed by atoms with E-state index in [1.54, 1.807) is 0 Å². The summed E-state index contributed by atoms with van der Waals surface area (Å²) in [5.74, 6) is 0.188. The Kier molecular flexibility index (Phi) is 5.45. The van der Waals surface area contributed by atoms with Crippen molar-refractivity contribution in [1.29, 1.82) is 0 Å². The molecule has 0 bridgehead atoms. The molecule has 0 saturated heterocycles. The van der Waals surface area contributed by atoms with Gasteiger partial charge in [0, 0.05) is 12.3 Å². The Morgan fingerprint density at radius 1 is 1.04 bits per heavy atom. The van der Waals surface area contributed by atoms with Crippen LogP contribution in [0.4, 0.5) is 0 Å². The molecule has 0 radical (unpaired) electrons. The molecule has 1 atom stereocenters. The molecule has 2 aromatic carbocycles. The monoisotopic (exact) mass is 374 g/mol. The van der Waals surface area contributed by atoms with Crippen LogP contribution in [0.5, 0.6) is 0 Å². The van der Waals surface area contributed by atoms with Crippen molar-refractivity contribution in [3.63, 3.8) is 0 Å². The molecule has 0 saturated carbocycles. The van der Waals surface area contributed by atoms with E-state index >= 15 is 0 Å². The fourth-order valence-corrected chi connectivity index (χ4v) is 4.63. The highest BCUT2D eigenvalue weighted by atomic mass is 32.2. The summed E-state index contributed by atoms with van der Waals surface area (Å²) >= 11 is 4.90. The van der Waals surface area contributed by atoms with E-state index < -0.39 is 9.84 Å². The van der Waals surface area contributed by atoms with Crippen molar-refractivity contribution in [3.05, 3.63) is 82.5 Å². The molecule has 1 N–H and O–H groups in total. The molecular formula is C18H18N2O3S2. The molecule has 5 nitrogen and oxygen atoms in total. The molecule has 0 amide bonds. The average molecular weight is 374 g/mol. The van der Waals surface area contributed by atoms with E-state index in [0.717, 1.165) is 11.1 Å². The fourth-order valence-electron chi connectivity index (χ4n) is 2.75. The van der Waals surface area contributed by atoms with Gasteiger partial charge in [0.05, 0.1) is 11.5 Å². The predicted molar refractivity (Wildman–Crippen MR) is 98.5 cm³/mol. The summed E-state index contributed by atoms with van der Waals surface area (Å²) in [5, 5.41) is 6.58. The third-order valence-electron chi connectivity index (χ3n) is 3.86. The number of hydrogen-bond donors (Lipinski definition) is 1. The number of H-pyrrole nitrogens is 1. The first kappa shape index (κ1) is 17.6. The second-order valence-corrected chi connectivity index (χ2v) is 8.34. The minimum atomic E-state index is -3.30. The maximum absolute atomic E-state index is 12.7. The van der Waals surface area contributed by atoms with Crippen LogP contribution in [-0.4, -0.2) is 24.4 Å². The van der Waals surface area contributed by atoms with Crippen LogP contribution in [0, 0.1) is 4.84 Å². The first-order valence-electron chi connectivity index (χ1n) is 7.85. The van der Waals surface area contributed by atoms with Crippen molar-refractivity contribution in [1.82, 2.24) is 10.2 Å². The summed E-state index contributed by atoms with van der Waals surface area (Å²) in [7, 11) is -3.30. The summed E-state index contributed by atoms with van der Waals surface area (Å²) < 4.78 is 30.7. The first-order chi connectivity index (χ1) is 12.0. The Hall–Kier alpha value is -2.25. The molecule has 0 aliphatic rings. The number of nitrogens with one attached hydrogen (secondary N) is 1. The van der Waals surface area contributed by atoms with Crippen LogP contribution in [-0.2, 0) is 22.0 Å². The molecule has 0 aliphatic heterocycles. The standard InChI is InChI=1S/C18H18N2O3S2/c21-25(22,12-14-7-3-1-4-8-14)13-16(15-9-5-2-6-10-15)11-17-19-20-18(24)23-17/h1-10,16H,11-13H2,(H,20,24). The number of nitrogens with zero attached hydrogens (tertiary/aromatic N) is 1. The van der Waals surface area contributed by atoms with Gasteiger partial charge in [-0.2, -0.15) is 0 Å². The maximum Gasteiger partial charge on any atom is 0.284 e. The number of aromatic amines is 1. The van der Waals surface area contributed by atoms with Gasteiger partial charge in [0.15, 0.2) is 9.84 Å². The molecule has 0 fully saturated rings. The highest BCUT2D eigenvalue weighted by molar-refractivity contribution is 7.90. The highest BCUT2D eigenvalue weighted by Gasteiger charge is 2.23. The third kappa shape index (κ3) is 5.11. The molecule has 1 heterocycles. The van der Waals surface area contributed by atoms with E-state index in [2.05, 4.69) is 10.2 Å². The normalized spacial score (nSPS) is 12.8.